The third kappa shape index (κ3) is 5.25. The molecule has 0 radical (unpaired) electrons. The Labute approximate surface area is 125 Å². The zero-order chi connectivity index (χ0) is 13.7. The molecule has 0 spiro atoms. The van der Waals surface area contributed by atoms with E-state index in [1.165, 1.54) is 31.5 Å². The van der Waals surface area contributed by atoms with Crippen LogP contribution in [0.4, 0.5) is 0 Å². The van der Waals surface area contributed by atoms with E-state index in [0.29, 0.717) is 6.04 Å². The SMILES string of the molecule is CC(C)NCC1CCCN(Cc2ccc(Br)cc2)C1. The van der Waals surface area contributed by atoms with Gasteiger partial charge in [0.2, 0.25) is 0 Å². The minimum Gasteiger partial charge on any atom is -0.314 e. The van der Waals surface area contributed by atoms with E-state index in [9.17, 15) is 0 Å². The summed E-state index contributed by atoms with van der Waals surface area (Å²) in [4.78, 5) is 2.60. The molecule has 1 fully saturated rings. The smallest absolute Gasteiger partial charge is 0.0233 e. The van der Waals surface area contributed by atoms with Crippen LogP contribution in [0.5, 0.6) is 0 Å². The monoisotopic (exact) mass is 324 g/mol. The van der Waals surface area contributed by atoms with Gasteiger partial charge in [-0.25, -0.2) is 0 Å². The Kier molecular flexibility index (Phi) is 5.86. The molecule has 1 N–H and O–H groups in total. The van der Waals surface area contributed by atoms with Gasteiger partial charge in [0.1, 0.15) is 0 Å². The van der Waals surface area contributed by atoms with Crippen LogP contribution in [-0.2, 0) is 6.54 Å². The quantitative estimate of drug-likeness (QED) is 0.889. The van der Waals surface area contributed by atoms with Crippen LogP contribution in [0.2, 0.25) is 0 Å². The number of likely N-dealkylation sites (tertiary alicyclic amines) is 1. The van der Waals surface area contributed by atoms with Gasteiger partial charge in [0.15, 0.2) is 0 Å². The summed E-state index contributed by atoms with van der Waals surface area (Å²) in [6, 6.07) is 9.32. The number of benzene rings is 1. The number of nitrogens with zero attached hydrogens (tertiary/aromatic N) is 1. The topological polar surface area (TPSA) is 15.3 Å². The second-order valence-electron chi connectivity index (χ2n) is 5.93. The van der Waals surface area contributed by atoms with Gasteiger partial charge in [0.25, 0.3) is 0 Å². The van der Waals surface area contributed by atoms with Gasteiger partial charge in [-0.1, -0.05) is 41.9 Å². The van der Waals surface area contributed by atoms with E-state index in [4.69, 9.17) is 0 Å². The predicted octanol–water partition coefficient (Wildman–Crippen LogP) is 3.66. The molecule has 1 aromatic carbocycles. The van der Waals surface area contributed by atoms with Gasteiger partial charge in [-0.3, -0.25) is 4.90 Å². The molecule has 1 unspecified atom stereocenters. The molecular weight excluding hydrogens is 300 g/mol. The van der Waals surface area contributed by atoms with E-state index in [-0.39, 0.29) is 0 Å². The summed E-state index contributed by atoms with van der Waals surface area (Å²) in [5.74, 6) is 0.812. The van der Waals surface area contributed by atoms with Crippen molar-refractivity contribution >= 4 is 15.9 Å². The molecule has 106 valence electrons. The van der Waals surface area contributed by atoms with Crippen molar-refractivity contribution in [2.45, 2.75) is 39.3 Å². The zero-order valence-electron chi connectivity index (χ0n) is 12.0. The second-order valence-corrected chi connectivity index (χ2v) is 6.85. The van der Waals surface area contributed by atoms with E-state index >= 15 is 0 Å². The van der Waals surface area contributed by atoms with Crippen molar-refractivity contribution < 1.29 is 0 Å². The summed E-state index contributed by atoms with van der Waals surface area (Å²) >= 11 is 3.49. The molecule has 1 aliphatic heterocycles. The molecule has 0 aliphatic carbocycles. The summed E-state index contributed by atoms with van der Waals surface area (Å²) in [7, 11) is 0. The van der Waals surface area contributed by atoms with Gasteiger partial charge in [-0.05, 0) is 49.5 Å². The first-order valence-corrected chi connectivity index (χ1v) is 8.13. The molecule has 3 heteroatoms. The number of hydrogen-bond donors (Lipinski definition) is 1. The van der Waals surface area contributed by atoms with Gasteiger partial charge in [-0.2, -0.15) is 0 Å². The van der Waals surface area contributed by atoms with E-state index in [0.717, 1.165) is 23.5 Å². The number of hydrogen-bond acceptors (Lipinski definition) is 2. The average molecular weight is 325 g/mol. The number of piperidine rings is 1. The molecule has 0 aromatic heterocycles. The summed E-state index contributed by atoms with van der Waals surface area (Å²) in [6.07, 6.45) is 2.71. The van der Waals surface area contributed by atoms with Crippen LogP contribution in [0.3, 0.4) is 0 Å². The Bertz CT molecular complexity index is 375. The fourth-order valence-electron chi connectivity index (χ4n) is 2.71. The molecule has 1 aromatic rings. The van der Waals surface area contributed by atoms with E-state index < -0.39 is 0 Å². The van der Waals surface area contributed by atoms with Gasteiger partial charge >= 0.3 is 0 Å². The summed E-state index contributed by atoms with van der Waals surface area (Å²) < 4.78 is 1.16. The average Bonchev–Trinajstić information content (AvgIpc) is 2.40. The minimum absolute atomic E-state index is 0.599. The lowest BCUT2D eigenvalue weighted by Crippen LogP contribution is -2.40. The molecule has 2 rings (SSSR count). The Morgan fingerprint density at radius 2 is 2.05 bits per heavy atom. The predicted molar refractivity (Wildman–Crippen MR) is 85.3 cm³/mol. The van der Waals surface area contributed by atoms with Crippen molar-refractivity contribution in [1.29, 1.82) is 0 Å². The van der Waals surface area contributed by atoms with Crippen molar-refractivity contribution in [3.63, 3.8) is 0 Å². The van der Waals surface area contributed by atoms with E-state index in [1.54, 1.807) is 0 Å². The van der Waals surface area contributed by atoms with Crippen LogP contribution >= 0.6 is 15.9 Å². The second kappa shape index (κ2) is 7.41. The lowest BCUT2D eigenvalue weighted by Gasteiger charge is -2.33. The normalized spacial score (nSPS) is 20.9. The fraction of sp³-hybridized carbons (Fsp3) is 0.625. The third-order valence-corrected chi connectivity index (χ3v) is 4.27. The van der Waals surface area contributed by atoms with Crippen molar-refractivity contribution in [2.75, 3.05) is 19.6 Å². The maximum Gasteiger partial charge on any atom is 0.0233 e. The van der Waals surface area contributed by atoms with Crippen molar-refractivity contribution in [3.05, 3.63) is 34.3 Å². The highest BCUT2D eigenvalue weighted by molar-refractivity contribution is 9.10. The molecule has 19 heavy (non-hydrogen) atoms. The Hall–Kier alpha value is -0.380. The molecule has 2 nitrogen and oxygen atoms in total. The van der Waals surface area contributed by atoms with E-state index in [1.807, 2.05) is 0 Å². The Morgan fingerprint density at radius 3 is 2.74 bits per heavy atom. The molecular formula is C16H25BrN2. The van der Waals surface area contributed by atoms with Crippen molar-refractivity contribution in [2.24, 2.45) is 5.92 Å². The third-order valence-electron chi connectivity index (χ3n) is 3.74. The number of rotatable bonds is 5. The van der Waals surface area contributed by atoms with Gasteiger partial charge in [0.05, 0.1) is 0 Å². The van der Waals surface area contributed by atoms with Crippen LogP contribution in [0.15, 0.2) is 28.7 Å². The van der Waals surface area contributed by atoms with Gasteiger partial charge < -0.3 is 5.32 Å². The van der Waals surface area contributed by atoms with Crippen LogP contribution < -0.4 is 5.32 Å². The van der Waals surface area contributed by atoms with Crippen LogP contribution in [-0.4, -0.2) is 30.6 Å². The molecule has 0 amide bonds. The largest absolute Gasteiger partial charge is 0.314 e. The van der Waals surface area contributed by atoms with Crippen molar-refractivity contribution in [1.82, 2.24) is 10.2 Å². The zero-order valence-corrected chi connectivity index (χ0v) is 13.6. The molecule has 1 atom stereocenters. The van der Waals surface area contributed by atoms with Crippen LogP contribution in [0.1, 0.15) is 32.3 Å². The highest BCUT2D eigenvalue weighted by Crippen LogP contribution is 2.19. The molecule has 0 saturated carbocycles. The molecule has 1 heterocycles. The summed E-state index contributed by atoms with van der Waals surface area (Å²) in [5, 5.41) is 3.57. The molecule has 1 saturated heterocycles. The summed E-state index contributed by atoms with van der Waals surface area (Å²) in [5.41, 5.74) is 1.42. The maximum absolute atomic E-state index is 3.57. The highest BCUT2D eigenvalue weighted by Gasteiger charge is 2.19. The van der Waals surface area contributed by atoms with Gasteiger partial charge in [-0.15, -0.1) is 0 Å². The first-order valence-electron chi connectivity index (χ1n) is 7.33. The highest BCUT2D eigenvalue weighted by atomic mass is 79.9. The molecule has 0 bridgehead atoms. The Balaban J connectivity index is 1.82. The minimum atomic E-state index is 0.599. The first-order chi connectivity index (χ1) is 9.13. The number of halogens is 1. The summed E-state index contributed by atoms with van der Waals surface area (Å²) in [6.45, 7) is 9.18. The first kappa shape index (κ1) is 15.0. The standard InChI is InChI=1S/C16H25BrN2/c1-13(2)18-10-15-4-3-9-19(12-15)11-14-5-7-16(17)8-6-14/h5-8,13,15,18H,3-4,9-12H2,1-2H3. The van der Waals surface area contributed by atoms with E-state index in [2.05, 4.69) is 64.3 Å². The fourth-order valence-corrected chi connectivity index (χ4v) is 2.98. The molecule has 1 aliphatic rings. The van der Waals surface area contributed by atoms with Crippen LogP contribution in [0, 0.1) is 5.92 Å². The van der Waals surface area contributed by atoms with Gasteiger partial charge in [0, 0.05) is 23.6 Å². The lowest BCUT2D eigenvalue weighted by molar-refractivity contribution is 0.164. The number of nitrogens with one attached hydrogen (secondary N) is 1. The van der Waals surface area contributed by atoms with Crippen LogP contribution in [0.25, 0.3) is 0 Å². The maximum atomic E-state index is 3.57. The van der Waals surface area contributed by atoms with Crippen molar-refractivity contribution in [3.8, 4) is 0 Å². The lowest BCUT2D eigenvalue weighted by atomic mass is 9.97. The Morgan fingerprint density at radius 1 is 1.32 bits per heavy atom.